The summed E-state index contributed by atoms with van der Waals surface area (Å²) in [6.45, 7) is 8.47. The number of fused-ring (bicyclic) bond motifs is 1. The summed E-state index contributed by atoms with van der Waals surface area (Å²) in [5, 5.41) is 0. The van der Waals surface area contributed by atoms with E-state index in [1.165, 1.54) is 64.1 Å². The van der Waals surface area contributed by atoms with Crippen LogP contribution in [0.5, 0.6) is 0 Å². The Labute approximate surface area is 210 Å². The third kappa shape index (κ3) is 7.47. The van der Waals surface area contributed by atoms with Gasteiger partial charge in [0.25, 0.3) is 0 Å². The zero-order valence-electron chi connectivity index (χ0n) is 21.8. The zero-order valence-corrected chi connectivity index (χ0v) is 21.8. The van der Waals surface area contributed by atoms with Crippen LogP contribution in [0.4, 0.5) is 11.6 Å². The highest BCUT2D eigenvalue weighted by Gasteiger charge is 2.47. The van der Waals surface area contributed by atoms with Crippen LogP contribution in [0.3, 0.4) is 0 Å². The van der Waals surface area contributed by atoms with Gasteiger partial charge in [-0.2, -0.15) is 0 Å². The molecule has 0 amide bonds. The molecule has 0 aliphatic carbocycles. The Kier molecular flexibility index (Phi) is 10.0. The van der Waals surface area contributed by atoms with Crippen LogP contribution in [0.1, 0.15) is 96.1 Å². The first kappa shape index (κ1) is 27.1. The molecule has 2 aromatic heterocycles. The first-order valence-corrected chi connectivity index (χ1v) is 13.2. The Morgan fingerprint density at radius 1 is 1.03 bits per heavy atom. The topological polar surface area (TPSA) is 94.2 Å². The van der Waals surface area contributed by atoms with Gasteiger partial charge in [0.2, 0.25) is 0 Å². The molecule has 0 saturated heterocycles. The number of nitrogen functional groups attached to an aromatic ring is 1. The molecule has 1 aliphatic rings. The van der Waals surface area contributed by atoms with Crippen molar-refractivity contribution in [3.63, 3.8) is 0 Å². The number of anilines is 2. The van der Waals surface area contributed by atoms with E-state index in [0.29, 0.717) is 36.7 Å². The normalized spacial score (nSPS) is 17.5. The van der Waals surface area contributed by atoms with E-state index in [2.05, 4.69) is 35.7 Å². The Balaban J connectivity index is 1.35. The smallest absolute Gasteiger partial charge is 0.138 e. The minimum Gasteiger partial charge on any atom is -0.383 e. The van der Waals surface area contributed by atoms with Crippen molar-refractivity contribution in [1.82, 2.24) is 15.0 Å². The number of hydrogen-bond acceptors (Lipinski definition) is 7. The number of aromatic nitrogens is 3. The van der Waals surface area contributed by atoms with E-state index in [4.69, 9.17) is 10.5 Å². The maximum Gasteiger partial charge on any atom is 0.138 e. The van der Waals surface area contributed by atoms with Crippen molar-refractivity contribution in [2.45, 2.75) is 90.4 Å². The average Bonchev–Trinajstić information content (AvgIpc) is 3.16. The molecule has 35 heavy (non-hydrogen) atoms. The number of unbranched alkanes of at least 4 members (excludes halogenated alkanes) is 8. The van der Waals surface area contributed by atoms with Gasteiger partial charge >= 0.3 is 0 Å². The molecule has 0 radical (unpaired) electrons. The minimum atomic E-state index is -0.939. The van der Waals surface area contributed by atoms with Crippen LogP contribution in [-0.4, -0.2) is 41.1 Å². The van der Waals surface area contributed by atoms with Crippen LogP contribution in [-0.2, 0) is 14.9 Å². The van der Waals surface area contributed by atoms with Gasteiger partial charge in [0.15, 0.2) is 0 Å². The molecule has 1 aliphatic heterocycles. The predicted molar refractivity (Wildman–Crippen MR) is 141 cm³/mol. The van der Waals surface area contributed by atoms with Gasteiger partial charge in [-0.3, -0.25) is 0 Å². The van der Waals surface area contributed by atoms with Crippen LogP contribution in [0.15, 0.2) is 30.9 Å². The first-order valence-electron chi connectivity index (χ1n) is 13.2. The maximum absolute atomic E-state index is 12.4. The van der Waals surface area contributed by atoms with E-state index in [0.717, 1.165) is 24.1 Å². The summed E-state index contributed by atoms with van der Waals surface area (Å²) in [6, 6.07) is 3.65. The minimum absolute atomic E-state index is 0.349. The van der Waals surface area contributed by atoms with Crippen LogP contribution in [0, 0.1) is 5.41 Å². The standard InChI is InChI=1S/C28H43N5O2/c1-27(2,3)15-11-9-7-5-4-6-8-10-12-17-35-22-33-19-28(20-34,23-14-13-16-31-25(23)29)24-18-30-21-32-26(24)33/h13-14,16,18,20-21H,4-12,15,17,19,22H2,1-3H3,(H2,29,31). The monoisotopic (exact) mass is 481 g/mol. The number of carbonyl (C=O) groups excluding carboxylic acids is 1. The lowest BCUT2D eigenvalue weighted by Gasteiger charge is -2.25. The van der Waals surface area contributed by atoms with Crippen molar-refractivity contribution >= 4 is 17.9 Å². The molecule has 3 rings (SSSR count). The van der Waals surface area contributed by atoms with Crippen molar-refractivity contribution in [2.24, 2.45) is 5.41 Å². The fraction of sp³-hybridized carbons (Fsp3) is 0.643. The van der Waals surface area contributed by atoms with E-state index in [-0.39, 0.29) is 0 Å². The number of aldehydes is 1. The number of nitrogens with zero attached hydrogens (tertiary/aromatic N) is 4. The lowest BCUT2D eigenvalue weighted by molar-refractivity contribution is -0.111. The van der Waals surface area contributed by atoms with Crippen molar-refractivity contribution in [2.75, 3.05) is 30.5 Å². The molecule has 0 bridgehead atoms. The molecule has 1 atom stereocenters. The van der Waals surface area contributed by atoms with Gasteiger partial charge in [0.1, 0.15) is 36.4 Å². The Bertz CT molecular complexity index is 930. The summed E-state index contributed by atoms with van der Waals surface area (Å²) >= 11 is 0. The third-order valence-corrected chi connectivity index (χ3v) is 6.89. The van der Waals surface area contributed by atoms with Gasteiger partial charge in [-0.25, -0.2) is 15.0 Å². The molecule has 0 aromatic carbocycles. The molecule has 0 saturated carbocycles. The van der Waals surface area contributed by atoms with Crippen molar-refractivity contribution in [1.29, 1.82) is 0 Å². The second-order valence-electron chi connectivity index (χ2n) is 11.0. The summed E-state index contributed by atoms with van der Waals surface area (Å²) in [6.07, 6.45) is 18.7. The van der Waals surface area contributed by atoms with E-state index in [1.807, 2.05) is 11.0 Å². The molecule has 3 heterocycles. The largest absolute Gasteiger partial charge is 0.383 e. The van der Waals surface area contributed by atoms with Gasteiger partial charge in [0, 0.05) is 36.7 Å². The highest BCUT2D eigenvalue weighted by atomic mass is 16.5. The number of nitrogens with two attached hydrogens (primary N) is 1. The lowest BCUT2D eigenvalue weighted by Crippen LogP contribution is -2.38. The number of hydrogen-bond donors (Lipinski definition) is 1. The van der Waals surface area contributed by atoms with Gasteiger partial charge in [-0.1, -0.05) is 78.2 Å². The Hall–Kier alpha value is -2.54. The van der Waals surface area contributed by atoms with E-state index >= 15 is 0 Å². The molecule has 2 aromatic rings. The predicted octanol–water partition coefficient (Wildman–Crippen LogP) is 5.68. The highest BCUT2D eigenvalue weighted by molar-refractivity contribution is 5.84. The van der Waals surface area contributed by atoms with E-state index < -0.39 is 5.41 Å². The molecule has 192 valence electrons. The van der Waals surface area contributed by atoms with Crippen molar-refractivity contribution < 1.29 is 9.53 Å². The molecular weight excluding hydrogens is 438 g/mol. The number of ether oxygens (including phenoxy) is 1. The summed E-state index contributed by atoms with van der Waals surface area (Å²) in [4.78, 5) is 27.2. The quantitative estimate of drug-likeness (QED) is 0.258. The van der Waals surface area contributed by atoms with Crippen molar-refractivity contribution in [3.05, 3.63) is 42.0 Å². The summed E-state index contributed by atoms with van der Waals surface area (Å²) in [7, 11) is 0. The third-order valence-electron chi connectivity index (χ3n) is 6.89. The molecule has 0 spiro atoms. The number of pyridine rings is 1. The molecule has 1 unspecified atom stereocenters. The highest BCUT2D eigenvalue weighted by Crippen LogP contribution is 2.43. The Morgan fingerprint density at radius 2 is 1.71 bits per heavy atom. The van der Waals surface area contributed by atoms with Gasteiger partial charge in [-0.15, -0.1) is 0 Å². The van der Waals surface area contributed by atoms with E-state index in [9.17, 15) is 4.79 Å². The average molecular weight is 482 g/mol. The molecule has 7 heteroatoms. The van der Waals surface area contributed by atoms with Crippen LogP contribution < -0.4 is 10.6 Å². The zero-order chi connectivity index (χ0) is 25.2. The lowest BCUT2D eigenvalue weighted by atomic mass is 9.78. The molecule has 7 nitrogen and oxygen atoms in total. The first-order chi connectivity index (χ1) is 16.9. The summed E-state index contributed by atoms with van der Waals surface area (Å²) in [5.41, 5.74) is 7.10. The van der Waals surface area contributed by atoms with E-state index in [1.54, 1.807) is 18.5 Å². The molecule has 2 N–H and O–H groups in total. The second-order valence-corrected chi connectivity index (χ2v) is 11.0. The van der Waals surface area contributed by atoms with Gasteiger partial charge in [-0.05, 0) is 24.3 Å². The van der Waals surface area contributed by atoms with Gasteiger partial charge in [0.05, 0.1) is 0 Å². The maximum atomic E-state index is 12.4. The fourth-order valence-electron chi connectivity index (χ4n) is 4.92. The Morgan fingerprint density at radius 3 is 2.37 bits per heavy atom. The van der Waals surface area contributed by atoms with Gasteiger partial charge < -0.3 is 20.2 Å². The molecular formula is C28H43N5O2. The van der Waals surface area contributed by atoms with Crippen molar-refractivity contribution in [3.8, 4) is 0 Å². The molecule has 0 fully saturated rings. The van der Waals surface area contributed by atoms with Crippen LogP contribution in [0.25, 0.3) is 0 Å². The number of rotatable bonds is 15. The summed E-state index contributed by atoms with van der Waals surface area (Å²) in [5.74, 6) is 1.07. The second kappa shape index (κ2) is 13.0. The number of carbonyl (C=O) groups is 1. The SMILES string of the molecule is CC(C)(C)CCCCCCCCCCCOCN1CC(C=O)(c2cccnc2N)c2cncnc21. The van der Waals surface area contributed by atoms with Crippen LogP contribution >= 0.6 is 0 Å². The van der Waals surface area contributed by atoms with Crippen LogP contribution in [0.2, 0.25) is 0 Å². The summed E-state index contributed by atoms with van der Waals surface area (Å²) < 4.78 is 5.98. The fourth-order valence-corrected chi connectivity index (χ4v) is 4.92.